The number of para-hydroxylation sites is 1. The Labute approximate surface area is 157 Å². The van der Waals surface area contributed by atoms with Gasteiger partial charge in [-0.2, -0.15) is 5.10 Å². The number of aromatic nitrogens is 4. The van der Waals surface area contributed by atoms with E-state index in [0.717, 1.165) is 24.2 Å². The standard InChI is InChI=1S/C20H23N5O2/c26-19-9-15(12-24-7-6-21-14-24)8-18(19)23-20(27)10-16-11-22-25(13-16)17-4-2-1-3-5-17/h1-7,11,13-15,18-19,26H,8-10,12H2,(H,23,27)/t15?,18-,19-/m1/s1. The molecule has 2 aromatic heterocycles. The minimum atomic E-state index is -0.505. The zero-order valence-electron chi connectivity index (χ0n) is 15.0. The van der Waals surface area contributed by atoms with Crippen molar-refractivity contribution >= 4 is 5.91 Å². The molecule has 0 radical (unpaired) electrons. The maximum absolute atomic E-state index is 12.4. The van der Waals surface area contributed by atoms with Crippen molar-refractivity contribution in [2.24, 2.45) is 5.92 Å². The van der Waals surface area contributed by atoms with E-state index in [1.165, 1.54) is 0 Å². The van der Waals surface area contributed by atoms with Gasteiger partial charge in [-0.15, -0.1) is 0 Å². The summed E-state index contributed by atoms with van der Waals surface area (Å²) < 4.78 is 3.77. The molecule has 1 aliphatic rings. The van der Waals surface area contributed by atoms with Crippen molar-refractivity contribution in [2.45, 2.75) is 38.0 Å². The van der Waals surface area contributed by atoms with Crippen LogP contribution in [-0.4, -0.2) is 42.5 Å². The van der Waals surface area contributed by atoms with Crippen LogP contribution >= 0.6 is 0 Å². The number of aliphatic hydroxyl groups excluding tert-OH is 1. The number of carbonyl (C=O) groups excluding carboxylic acids is 1. The molecule has 1 saturated carbocycles. The van der Waals surface area contributed by atoms with E-state index in [0.29, 0.717) is 12.3 Å². The van der Waals surface area contributed by atoms with Gasteiger partial charge in [0.2, 0.25) is 5.91 Å². The minimum absolute atomic E-state index is 0.0880. The number of hydrogen-bond acceptors (Lipinski definition) is 4. The summed E-state index contributed by atoms with van der Waals surface area (Å²) in [5.41, 5.74) is 1.80. The summed E-state index contributed by atoms with van der Waals surface area (Å²) in [5.74, 6) is 0.246. The highest BCUT2D eigenvalue weighted by Crippen LogP contribution is 2.27. The fourth-order valence-electron chi connectivity index (χ4n) is 3.73. The van der Waals surface area contributed by atoms with Crippen molar-refractivity contribution in [2.75, 3.05) is 0 Å². The van der Waals surface area contributed by atoms with E-state index in [-0.39, 0.29) is 18.4 Å². The number of nitrogens with one attached hydrogen (secondary N) is 1. The average molecular weight is 365 g/mol. The second kappa shape index (κ2) is 7.75. The van der Waals surface area contributed by atoms with Gasteiger partial charge in [0.1, 0.15) is 0 Å². The van der Waals surface area contributed by atoms with Crippen molar-refractivity contribution in [1.29, 1.82) is 0 Å². The van der Waals surface area contributed by atoms with Gasteiger partial charge < -0.3 is 15.0 Å². The van der Waals surface area contributed by atoms with E-state index >= 15 is 0 Å². The molecule has 1 aromatic carbocycles. The summed E-state index contributed by atoms with van der Waals surface area (Å²) in [6, 6.07) is 9.58. The first-order chi connectivity index (χ1) is 13.2. The molecule has 1 fully saturated rings. The number of amides is 1. The third-order valence-electron chi connectivity index (χ3n) is 5.02. The average Bonchev–Trinajstić information content (AvgIpc) is 3.39. The third-order valence-corrected chi connectivity index (χ3v) is 5.02. The van der Waals surface area contributed by atoms with Gasteiger partial charge in [-0.25, -0.2) is 9.67 Å². The molecular formula is C20H23N5O2. The summed E-state index contributed by atoms with van der Waals surface area (Å²) in [5, 5.41) is 17.6. The zero-order valence-corrected chi connectivity index (χ0v) is 15.0. The van der Waals surface area contributed by atoms with Crippen LogP contribution in [0.4, 0.5) is 0 Å². The largest absolute Gasteiger partial charge is 0.391 e. The molecule has 4 rings (SSSR count). The molecule has 3 atom stereocenters. The van der Waals surface area contributed by atoms with Crippen LogP contribution in [-0.2, 0) is 17.8 Å². The second-order valence-corrected chi connectivity index (χ2v) is 7.14. The quantitative estimate of drug-likeness (QED) is 0.694. The fourth-order valence-corrected chi connectivity index (χ4v) is 3.73. The van der Waals surface area contributed by atoms with E-state index in [1.54, 1.807) is 23.4 Å². The Balaban J connectivity index is 1.31. The fraction of sp³-hybridized carbons (Fsp3) is 0.350. The molecule has 2 N–H and O–H groups in total. The Morgan fingerprint density at radius 3 is 2.89 bits per heavy atom. The Bertz CT molecular complexity index is 875. The number of rotatable bonds is 6. The van der Waals surface area contributed by atoms with E-state index < -0.39 is 6.10 Å². The third kappa shape index (κ3) is 4.25. The zero-order chi connectivity index (χ0) is 18.6. The Hall–Kier alpha value is -2.93. The maximum Gasteiger partial charge on any atom is 0.224 e. The van der Waals surface area contributed by atoms with Crippen LogP contribution in [0.5, 0.6) is 0 Å². The summed E-state index contributed by atoms with van der Waals surface area (Å²) in [7, 11) is 0. The molecule has 2 heterocycles. The lowest BCUT2D eigenvalue weighted by atomic mass is 10.1. The lowest BCUT2D eigenvalue weighted by Gasteiger charge is -2.16. The van der Waals surface area contributed by atoms with Gasteiger partial charge in [0.05, 0.1) is 36.8 Å². The van der Waals surface area contributed by atoms with Gasteiger partial charge in [-0.05, 0) is 36.5 Å². The van der Waals surface area contributed by atoms with Gasteiger partial charge >= 0.3 is 0 Å². The van der Waals surface area contributed by atoms with Gasteiger partial charge in [-0.1, -0.05) is 18.2 Å². The van der Waals surface area contributed by atoms with Crippen LogP contribution in [0.2, 0.25) is 0 Å². The van der Waals surface area contributed by atoms with Gasteiger partial charge in [0.15, 0.2) is 0 Å². The Morgan fingerprint density at radius 2 is 2.11 bits per heavy atom. The maximum atomic E-state index is 12.4. The molecule has 0 bridgehead atoms. The summed E-state index contributed by atoms with van der Waals surface area (Å²) in [6.07, 6.45) is 10.2. The normalized spacial score (nSPS) is 22.0. The summed E-state index contributed by atoms with van der Waals surface area (Å²) >= 11 is 0. The van der Waals surface area contributed by atoms with Crippen LogP contribution in [0.1, 0.15) is 18.4 Å². The number of aliphatic hydroxyl groups is 1. The van der Waals surface area contributed by atoms with Crippen molar-refractivity contribution in [1.82, 2.24) is 24.6 Å². The molecule has 0 aliphatic heterocycles. The first-order valence-corrected chi connectivity index (χ1v) is 9.19. The molecule has 0 saturated heterocycles. The van der Waals surface area contributed by atoms with Crippen molar-refractivity contribution in [3.8, 4) is 5.69 Å². The van der Waals surface area contributed by atoms with E-state index in [2.05, 4.69) is 15.4 Å². The molecule has 7 heteroatoms. The smallest absolute Gasteiger partial charge is 0.224 e. The van der Waals surface area contributed by atoms with Gasteiger partial charge in [0.25, 0.3) is 0 Å². The summed E-state index contributed by atoms with van der Waals surface area (Å²) in [4.78, 5) is 16.5. The molecule has 1 aliphatic carbocycles. The van der Waals surface area contributed by atoms with Gasteiger partial charge in [0, 0.05) is 25.1 Å². The number of imidazole rings is 1. The lowest BCUT2D eigenvalue weighted by Crippen LogP contribution is -2.40. The molecule has 27 heavy (non-hydrogen) atoms. The van der Waals surface area contributed by atoms with Crippen molar-refractivity contribution in [3.05, 3.63) is 67.0 Å². The van der Waals surface area contributed by atoms with Crippen molar-refractivity contribution in [3.63, 3.8) is 0 Å². The van der Waals surface area contributed by atoms with Crippen LogP contribution in [0.25, 0.3) is 5.69 Å². The minimum Gasteiger partial charge on any atom is -0.391 e. The topological polar surface area (TPSA) is 85.0 Å². The highest BCUT2D eigenvalue weighted by atomic mass is 16.3. The molecule has 1 amide bonds. The lowest BCUT2D eigenvalue weighted by molar-refractivity contribution is -0.121. The van der Waals surface area contributed by atoms with Crippen LogP contribution in [0, 0.1) is 5.92 Å². The molecule has 7 nitrogen and oxygen atoms in total. The Morgan fingerprint density at radius 1 is 1.26 bits per heavy atom. The molecular weight excluding hydrogens is 342 g/mol. The van der Waals surface area contributed by atoms with E-state index in [4.69, 9.17) is 0 Å². The van der Waals surface area contributed by atoms with Gasteiger partial charge in [-0.3, -0.25) is 4.79 Å². The SMILES string of the molecule is O=C(Cc1cnn(-c2ccccc2)c1)N[C@@H]1CC(Cn2ccnc2)C[C@H]1O. The number of nitrogens with zero attached hydrogens (tertiary/aromatic N) is 4. The highest BCUT2D eigenvalue weighted by molar-refractivity contribution is 5.78. The summed E-state index contributed by atoms with van der Waals surface area (Å²) in [6.45, 7) is 0.813. The van der Waals surface area contributed by atoms with Crippen molar-refractivity contribution < 1.29 is 9.90 Å². The first-order valence-electron chi connectivity index (χ1n) is 9.19. The van der Waals surface area contributed by atoms with Crippen LogP contribution in [0.3, 0.4) is 0 Å². The molecule has 3 aromatic rings. The van der Waals surface area contributed by atoms with E-state index in [9.17, 15) is 9.90 Å². The second-order valence-electron chi connectivity index (χ2n) is 7.14. The molecule has 0 spiro atoms. The van der Waals surface area contributed by atoms with E-state index in [1.807, 2.05) is 47.3 Å². The predicted molar refractivity (Wildman–Crippen MR) is 100 cm³/mol. The van der Waals surface area contributed by atoms with Crippen LogP contribution < -0.4 is 5.32 Å². The molecule has 140 valence electrons. The Kier molecular flexibility index (Phi) is 5.02. The monoisotopic (exact) mass is 365 g/mol. The predicted octanol–water partition coefficient (Wildman–Crippen LogP) is 1.57. The first kappa shape index (κ1) is 17.5. The number of benzene rings is 1. The number of hydrogen-bond donors (Lipinski definition) is 2. The highest BCUT2D eigenvalue weighted by Gasteiger charge is 2.34. The van der Waals surface area contributed by atoms with Crippen LogP contribution in [0.15, 0.2) is 61.4 Å². The number of carbonyl (C=O) groups is 1. The molecule has 1 unspecified atom stereocenters.